The number of furan rings is 1. The zero-order valence-corrected chi connectivity index (χ0v) is 19.2. The van der Waals surface area contributed by atoms with Gasteiger partial charge in [-0.3, -0.25) is 0 Å². The Balaban J connectivity index is 2.65. The molecule has 0 amide bonds. The van der Waals surface area contributed by atoms with Crippen LogP contribution >= 0.6 is 0 Å². The fourth-order valence-electron chi connectivity index (χ4n) is 2.63. The van der Waals surface area contributed by atoms with Gasteiger partial charge >= 0.3 is 0 Å². The van der Waals surface area contributed by atoms with Gasteiger partial charge in [0.2, 0.25) is 0 Å². The minimum absolute atomic E-state index is 0.0631. The van der Waals surface area contributed by atoms with Crippen molar-refractivity contribution in [1.29, 1.82) is 0 Å². The first kappa shape index (κ1) is 22.1. The summed E-state index contributed by atoms with van der Waals surface area (Å²) in [5, 5.41) is 0.0631. The molecule has 2 aromatic rings. The Hall–Kier alpha value is -2.18. The fourth-order valence-corrected chi connectivity index (χ4v) is 3.82. The normalized spacial score (nSPS) is 13.6. The van der Waals surface area contributed by atoms with Crippen LogP contribution in [0.4, 0.5) is 0 Å². The van der Waals surface area contributed by atoms with Crippen LogP contribution in [0.15, 0.2) is 47.3 Å². The van der Waals surface area contributed by atoms with Gasteiger partial charge in [-0.1, -0.05) is 20.8 Å². The summed E-state index contributed by atoms with van der Waals surface area (Å²) >= 11 is 0. The number of hydrogen-bond acceptors (Lipinski definition) is 5. The number of methoxy groups -OCH3 is 3. The molecule has 0 saturated heterocycles. The molecular formula is C22H32O5Si. The smallest absolute Gasteiger partial charge is 0.193 e. The molecule has 1 aromatic heterocycles. The van der Waals surface area contributed by atoms with Gasteiger partial charge in [-0.15, -0.1) is 0 Å². The van der Waals surface area contributed by atoms with Crippen LogP contribution in [0.25, 0.3) is 11.3 Å². The van der Waals surface area contributed by atoms with Crippen molar-refractivity contribution >= 4 is 8.32 Å². The number of rotatable bonds is 8. The molecule has 1 aromatic carbocycles. The third-order valence-electron chi connectivity index (χ3n) is 5.27. The van der Waals surface area contributed by atoms with Crippen molar-refractivity contribution in [3.63, 3.8) is 0 Å². The number of benzene rings is 1. The zero-order valence-electron chi connectivity index (χ0n) is 18.2. The molecule has 0 spiro atoms. The molecular weight excluding hydrogens is 372 g/mol. The van der Waals surface area contributed by atoms with Crippen LogP contribution in [0.2, 0.25) is 18.1 Å². The third-order valence-corrected chi connectivity index (χ3v) is 9.72. The summed E-state index contributed by atoms with van der Waals surface area (Å²) in [5.41, 5.74) is 1.83. The van der Waals surface area contributed by atoms with Crippen molar-refractivity contribution < 1.29 is 23.1 Å². The highest BCUT2D eigenvalue weighted by atomic mass is 28.4. The van der Waals surface area contributed by atoms with Gasteiger partial charge in [0.25, 0.3) is 0 Å². The zero-order chi connectivity index (χ0) is 20.9. The van der Waals surface area contributed by atoms with Gasteiger partial charge in [0, 0.05) is 5.56 Å². The maximum atomic E-state index is 6.74. The molecule has 5 nitrogen and oxygen atoms in total. The van der Waals surface area contributed by atoms with Crippen molar-refractivity contribution in [3.05, 3.63) is 48.4 Å². The number of ether oxygens (including phenoxy) is 3. The van der Waals surface area contributed by atoms with E-state index < -0.39 is 8.32 Å². The van der Waals surface area contributed by atoms with Crippen LogP contribution in [0.1, 0.15) is 32.4 Å². The summed E-state index contributed by atoms with van der Waals surface area (Å²) < 4.78 is 28.7. The van der Waals surface area contributed by atoms with Crippen LogP contribution in [0.3, 0.4) is 0 Å². The molecule has 0 saturated carbocycles. The van der Waals surface area contributed by atoms with Crippen molar-refractivity contribution in [2.24, 2.45) is 0 Å². The summed E-state index contributed by atoms with van der Waals surface area (Å²) in [6.45, 7) is 11.1. The van der Waals surface area contributed by atoms with E-state index >= 15 is 0 Å². The Kier molecular flexibility index (Phi) is 7.01. The van der Waals surface area contributed by atoms with Crippen molar-refractivity contribution in [1.82, 2.24) is 0 Å². The SMILES string of the molecule is CO/C=C/C(O[Si](C)(C)C(C)(C)C)c1cc(OC)c(OC)cc1-c1ccco1. The summed E-state index contributed by atoms with van der Waals surface area (Å²) in [6, 6.07) is 7.67. The quantitative estimate of drug-likeness (QED) is 0.388. The first-order chi connectivity index (χ1) is 13.1. The Bertz CT molecular complexity index is 788. The monoisotopic (exact) mass is 404 g/mol. The summed E-state index contributed by atoms with van der Waals surface area (Å²) in [6.07, 6.45) is 4.92. The molecule has 0 radical (unpaired) electrons. The van der Waals surface area contributed by atoms with E-state index in [1.165, 1.54) is 0 Å². The Morgan fingerprint density at radius 2 is 1.68 bits per heavy atom. The highest BCUT2D eigenvalue weighted by Gasteiger charge is 2.39. The van der Waals surface area contributed by atoms with Crippen LogP contribution in [0.5, 0.6) is 11.5 Å². The van der Waals surface area contributed by atoms with E-state index in [-0.39, 0.29) is 11.1 Å². The van der Waals surface area contributed by atoms with Crippen molar-refractivity contribution in [2.75, 3.05) is 21.3 Å². The van der Waals surface area contributed by atoms with Gasteiger partial charge in [0.05, 0.1) is 40.0 Å². The molecule has 6 heteroatoms. The van der Waals surface area contributed by atoms with Gasteiger partial charge in [0.15, 0.2) is 19.8 Å². The van der Waals surface area contributed by atoms with Crippen molar-refractivity contribution in [2.45, 2.75) is 45.0 Å². The van der Waals surface area contributed by atoms with E-state index in [1.807, 2.05) is 30.3 Å². The Morgan fingerprint density at radius 3 is 2.18 bits per heavy atom. The van der Waals surface area contributed by atoms with Gasteiger partial charge in [-0.25, -0.2) is 0 Å². The van der Waals surface area contributed by atoms with E-state index in [9.17, 15) is 0 Å². The lowest BCUT2D eigenvalue weighted by molar-refractivity contribution is 0.222. The average Bonchev–Trinajstić information content (AvgIpc) is 3.17. The van der Waals surface area contributed by atoms with E-state index in [4.69, 9.17) is 23.1 Å². The average molecular weight is 405 g/mol. The lowest BCUT2D eigenvalue weighted by Crippen LogP contribution is -2.41. The molecule has 2 rings (SSSR count). The molecule has 0 bridgehead atoms. The molecule has 1 heterocycles. The van der Waals surface area contributed by atoms with Gasteiger partial charge in [-0.2, -0.15) is 0 Å². The molecule has 0 aliphatic rings. The molecule has 28 heavy (non-hydrogen) atoms. The predicted molar refractivity (Wildman–Crippen MR) is 114 cm³/mol. The second-order valence-corrected chi connectivity index (χ2v) is 12.9. The van der Waals surface area contributed by atoms with E-state index in [0.717, 1.165) is 16.9 Å². The van der Waals surface area contributed by atoms with E-state index in [0.29, 0.717) is 11.5 Å². The van der Waals surface area contributed by atoms with Gasteiger partial charge < -0.3 is 23.1 Å². The van der Waals surface area contributed by atoms with Crippen molar-refractivity contribution in [3.8, 4) is 22.8 Å². The highest BCUT2D eigenvalue weighted by Crippen LogP contribution is 2.44. The molecule has 1 unspecified atom stereocenters. The maximum Gasteiger partial charge on any atom is 0.193 e. The summed E-state index contributed by atoms with van der Waals surface area (Å²) in [5.74, 6) is 2.02. The topological polar surface area (TPSA) is 50.1 Å². The lowest BCUT2D eigenvalue weighted by Gasteiger charge is -2.39. The minimum Gasteiger partial charge on any atom is -0.505 e. The predicted octanol–water partition coefficient (Wildman–Crippen LogP) is 6.19. The Labute approximate surface area is 169 Å². The molecule has 0 N–H and O–H groups in total. The van der Waals surface area contributed by atoms with Crippen LogP contribution in [0, 0.1) is 0 Å². The number of hydrogen-bond donors (Lipinski definition) is 0. The highest BCUT2D eigenvalue weighted by molar-refractivity contribution is 6.74. The van der Waals surface area contributed by atoms with Crippen LogP contribution < -0.4 is 9.47 Å². The lowest BCUT2D eigenvalue weighted by atomic mass is 9.99. The maximum absolute atomic E-state index is 6.74. The summed E-state index contributed by atoms with van der Waals surface area (Å²) in [4.78, 5) is 0. The van der Waals surface area contributed by atoms with Crippen LogP contribution in [-0.4, -0.2) is 29.6 Å². The third kappa shape index (κ3) is 4.80. The molecule has 0 fully saturated rings. The molecule has 0 aliphatic heterocycles. The Morgan fingerprint density at radius 1 is 1.04 bits per heavy atom. The molecule has 0 aliphatic carbocycles. The van der Waals surface area contributed by atoms with E-state index in [1.54, 1.807) is 33.9 Å². The summed E-state index contributed by atoms with van der Waals surface area (Å²) in [7, 11) is 2.81. The second-order valence-electron chi connectivity index (χ2n) is 8.13. The van der Waals surface area contributed by atoms with E-state index in [2.05, 4.69) is 33.9 Å². The molecule has 154 valence electrons. The first-order valence-corrected chi connectivity index (χ1v) is 12.2. The molecule has 1 atom stereocenters. The fraction of sp³-hybridized carbons (Fsp3) is 0.455. The largest absolute Gasteiger partial charge is 0.505 e. The van der Waals surface area contributed by atoms with Crippen LogP contribution in [-0.2, 0) is 9.16 Å². The first-order valence-electron chi connectivity index (χ1n) is 9.31. The minimum atomic E-state index is -2.07. The van der Waals surface area contributed by atoms with Gasteiger partial charge in [-0.05, 0) is 54.0 Å². The second kappa shape index (κ2) is 8.88. The van der Waals surface area contributed by atoms with Gasteiger partial charge in [0.1, 0.15) is 5.76 Å². The standard InChI is InChI=1S/C22H32O5Si/c1-22(2,3)28(7,8)27-19(11-13-23-4)17-15-21(25-6)20(24-5)14-16(17)18-10-9-12-26-18/h9-15,19H,1-8H3/b13-11+.